The van der Waals surface area contributed by atoms with Gasteiger partial charge in [-0.25, -0.2) is 0 Å². The molecule has 15 heavy (non-hydrogen) atoms. The first-order chi connectivity index (χ1) is 7.03. The van der Waals surface area contributed by atoms with Gasteiger partial charge in [-0.15, -0.1) is 0 Å². The Morgan fingerprint density at radius 2 is 2.20 bits per heavy atom. The van der Waals surface area contributed by atoms with Gasteiger partial charge in [-0.05, 0) is 27.7 Å². The van der Waals surface area contributed by atoms with Crippen molar-refractivity contribution in [3.05, 3.63) is 11.9 Å². The SMILES string of the molecule is CC=N/C(C)=C\N=C[C@@H]1COC(C)(C)O1. The van der Waals surface area contributed by atoms with E-state index in [9.17, 15) is 0 Å². The molecule has 0 aromatic carbocycles. The number of nitrogens with zero attached hydrogens (tertiary/aromatic N) is 2. The molecule has 0 N–H and O–H groups in total. The molecule has 0 aromatic rings. The molecule has 1 fully saturated rings. The monoisotopic (exact) mass is 210 g/mol. The molecule has 4 heteroatoms. The van der Waals surface area contributed by atoms with Crippen molar-refractivity contribution >= 4 is 12.4 Å². The van der Waals surface area contributed by atoms with E-state index in [1.165, 1.54) is 0 Å². The summed E-state index contributed by atoms with van der Waals surface area (Å²) < 4.78 is 10.9. The van der Waals surface area contributed by atoms with E-state index in [1.54, 1.807) is 18.6 Å². The Morgan fingerprint density at radius 1 is 1.47 bits per heavy atom. The highest BCUT2D eigenvalue weighted by molar-refractivity contribution is 5.64. The molecule has 4 nitrogen and oxygen atoms in total. The summed E-state index contributed by atoms with van der Waals surface area (Å²) in [7, 11) is 0. The van der Waals surface area contributed by atoms with Crippen molar-refractivity contribution in [1.82, 2.24) is 0 Å². The Kier molecular flexibility index (Phi) is 4.17. The lowest BCUT2D eigenvalue weighted by molar-refractivity contribution is -0.130. The van der Waals surface area contributed by atoms with E-state index in [0.717, 1.165) is 5.70 Å². The van der Waals surface area contributed by atoms with Crippen LogP contribution >= 0.6 is 0 Å². The lowest BCUT2D eigenvalue weighted by Crippen LogP contribution is -2.21. The lowest BCUT2D eigenvalue weighted by Gasteiger charge is -2.15. The zero-order chi connectivity index (χ0) is 11.3. The minimum absolute atomic E-state index is 0.0605. The van der Waals surface area contributed by atoms with Gasteiger partial charge in [-0.1, -0.05) is 0 Å². The topological polar surface area (TPSA) is 43.2 Å². The van der Waals surface area contributed by atoms with E-state index >= 15 is 0 Å². The van der Waals surface area contributed by atoms with Crippen molar-refractivity contribution in [1.29, 1.82) is 0 Å². The zero-order valence-electron chi connectivity index (χ0n) is 9.73. The van der Waals surface area contributed by atoms with Gasteiger partial charge in [0.25, 0.3) is 0 Å². The molecule has 1 heterocycles. The smallest absolute Gasteiger partial charge is 0.163 e. The number of aliphatic imine (C=N–C) groups is 2. The molecule has 1 saturated heterocycles. The first-order valence-corrected chi connectivity index (χ1v) is 5.04. The highest BCUT2D eigenvalue weighted by Crippen LogP contribution is 2.21. The molecule has 1 aliphatic rings. The van der Waals surface area contributed by atoms with Crippen LogP contribution in [-0.4, -0.2) is 30.9 Å². The fourth-order valence-electron chi connectivity index (χ4n) is 1.27. The molecule has 0 unspecified atom stereocenters. The van der Waals surface area contributed by atoms with Crippen molar-refractivity contribution in [2.24, 2.45) is 9.98 Å². The Morgan fingerprint density at radius 3 is 2.73 bits per heavy atom. The van der Waals surface area contributed by atoms with E-state index in [4.69, 9.17) is 9.47 Å². The maximum Gasteiger partial charge on any atom is 0.163 e. The Hall–Kier alpha value is -1.00. The molecular weight excluding hydrogens is 192 g/mol. The van der Waals surface area contributed by atoms with Crippen LogP contribution < -0.4 is 0 Å². The van der Waals surface area contributed by atoms with Crippen LogP contribution in [0.5, 0.6) is 0 Å². The second-order valence-corrected chi connectivity index (χ2v) is 3.82. The van der Waals surface area contributed by atoms with Gasteiger partial charge in [-0.2, -0.15) is 0 Å². The summed E-state index contributed by atoms with van der Waals surface area (Å²) >= 11 is 0. The van der Waals surface area contributed by atoms with Crippen molar-refractivity contribution < 1.29 is 9.47 Å². The van der Waals surface area contributed by atoms with E-state index in [0.29, 0.717) is 6.61 Å². The van der Waals surface area contributed by atoms with Gasteiger partial charge in [0.05, 0.1) is 12.3 Å². The molecule has 84 valence electrons. The van der Waals surface area contributed by atoms with E-state index in [1.807, 2.05) is 27.7 Å². The van der Waals surface area contributed by atoms with Crippen LogP contribution in [0.2, 0.25) is 0 Å². The van der Waals surface area contributed by atoms with Gasteiger partial charge in [0.15, 0.2) is 5.79 Å². The summed E-state index contributed by atoms with van der Waals surface area (Å²) in [6, 6.07) is 0. The number of allylic oxidation sites excluding steroid dienone is 1. The Balaban J connectivity index is 2.43. The number of hydrogen-bond acceptors (Lipinski definition) is 4. The van der Waals surface area contributed by atoms with Gasteiger partial charge in [0.2, 0.25) is 0 Å². The molecular formula is C11H18N2O2. The number of rotatable bonds is 3. The van der Waals surface area contributed by atoms with Crippen molar-refractivity contribution in [2.75, 3.05) is 6.61 Å². The van der Waals surface area contributed by atoms with Crippen molar-refractivity contribution in [3.8, 4) is 0 Å². The average Bonchev–Trinajstić information content (AvgIpc) is 2.46. The predicted molar refractivity (Wildman–Crippen MR) is 61.3 cm³/mol. The van der Waals surface area contributed by atoms with Crippen molar-refractivity contribution in [2.45, 2.75) is 39.6 Å². The number of ether oxygens (including phenoxy) is 2. The first-order valence-electron chi connectivity index (χ1n) is 5.04. The molecule has 0 radical (unpaired) electrons. The molecule has 1 aliphatic heterocycles. The maximum absolute atomic E-state index is 5.55. The third-order valence-corrected chi connectivity index (χ3v) is 1.88. The second-order valence-electron chi connectivity index (χ2n) is 3.82. The summed E-state index contributed by atoms with van der Waals surface area (Å²) in [4.78, 5) is 8.20. The average molecular weight is 210 g/mol. The van der Waals surface area contributed by atoms with Crippen LogP contribution in [0.15, 0.2) is 21.9 Å². The second kappa shape index (κ2) is 5.19. The highest BCUT2D eigenvalue weighted by atomic mass is 16.7. The van der Waals surface area contributed by atoms with E-state index < -0.39 is 5.79 Å². The molecule has 0 amide bonds. The normalized spacial score (nSPS) is 26.9. The predicted octanol–water partition coefficient (Wildman–Crippen LogP) is 2.16. The van der Waals surface area contributed by atoms with Crippen LogP contribution in [0.4, 0.5) is 0 Å². The molecule has 0 aliphatic carbocycles. The molecule has 0 spiro atoms. The third-order valence-electron chi connectivity index (χ3n) is 1.88. The zero-order valence-corrected chi connectivity index (χ0v) is 9.73. The summed E-state index contributed by atoms with van der Waals surface area (Å²) in [6.45, 7) is 8.11. The maximum atomic E-state index is 5.55. The van der Waals surface area contributed by atoms with Gasteiger partial charge < -0.3 is 9.47 Å². The Labute approximate surface area is 90.7 Å². The largest absolute Gasteiger partial charge is 0.347 e. The fourth-order valence-corrected chi connectivity index (χ4v) is 1.27. The molecule has 1 rings (SSSR count). The molecule has 1 atom stereocenters. The molecule has 0 bridgehead atoms. The highest BCUT2D eigenvalue weighted by Gasteiger charge is 2.31. The lowest BCUT2D eigenvalue weighted by atomic mass is 10.4. The Bertz CT molecular complexity index is 293. The summed E-state index contributed by atoms with van der Waals surface area (Å²) in [5, 5.41) is 0. The number of hydrogen-bond donors (Lipinski definition) is 0. The van der Waals surface area contributed by atoms with Gasteiger partial charge in [0, 0.05) is 18.6 Å². The summed E-state index contributed by atoms with van der Waals surface area (Å²) in [5.74, 6) is -0.489. The molecule has 0 saturated carbocycles. The quantitative estimate of drug-likeness (QED) is 0.670. The van der Waals surface area contributed by atoms with Crippen LogP contribution in [0.25, 0.3) is 0 Å². The first kappa shape index (κ1) is 12.1. The van der Waals surface area contributed by atoms with E-state index in [2.05, 4.69) is 9.98 Å². The van der Waals surface area contributed by atoms with Gasteiger partial charge >= 0.3 is 0 Å². The fraction of sp³-hybridized carbons (Fsp3) is 0.636. The summed E-state index contributed by atoms with van der Waals surface area (Å²) in [6.07, 6.45) is 5.12. The van der Waals surface area contributed by atoms with Gasteiger partial charge in [-0.3, -0.25) is 9.98 Å². The van der Waals surface area contributed by atoms with Gasteiger partial charge in [0.1, 0.15) is 6.10 Å². The minimum atomic E-state index is -0.489. The van der Waals surface area contributed by atoms with E-state index in [-0.39, 0.29) is 6.10 Å². The molecule has 0 aromatic heterocycles. The standard InChI is InChI=1S/C11H18N2O2/c1-5-13-9(2)6-12-7-10-8-14-11(3,4)15-10/h5-7,10H,8H2,1-4H3/b9-6-,12-7?,13-5?/t10-/m1/s1. The summed E-state index contributed by atoms with van der Waals surface area (Å²) in [5.41, 5.74) is 0.868. The third kappa shape index (κ3) is 4.36. The minimum Gasteiger partial charge on any atom is -0.347 e. The van der Waals surface area contributed by atoms with Crippen LogP contribution in [0, 0.1) is 0 Å². The van der Waals surface area contributed by atoms with Crippen LogP contribution in [0.3, 0.4) is 0 Å². The van der Waals surface area contributed by atoms with Crippen LogP contribution in [-0.2, 0) is 9.47 Å². The van der Waals surface area contributed by atoms with Crippen LogP contribution in [0.1, 0.15) is 27.7 Å². The van der Waals surface area contributed by atoms with Crippen molar-refractivity contribution in [3.63, 3.8) is 0 Å².